The maximum absolute atomic E-state index is 12.3. The number of hydrogen-bond acceptors (Lipinski definition) is 5. The van der Waals surface area contributed by atoms with Crippen molar-refractivity contribution in [2.45, 2.75) is 33.2 Å². The minimum atomic E-state index is -0.165. The van der Waals surface area contributed by atoms with Crippen molar-refractivity contribution in [2.75, 3.05) is 6.61 Å². The quantitative estimate of drug-likeness (QED) is 0.565. The third-order valence-corrected chi connectivity index (χ3v) is 4.44. The van der Waals surface area contributed by atoms with Crippen LogP contribution in [-0.4, -0.2) is 32.8 Å². The summed E-state index contributed by atoms with van der Waals surface area (Å²) in [5, 5.41) is 2.85. The first-order chi connectivity index (χ1) is 14.1. The lowest BCUT2D eigenvalue weighted by atomic mass is 10.1. The molecule has 1 aromatic carbocycles. The lowest BCUT2D eigenvalue weighted by molar-refractivity contribution is -0.121. The number of amides is 1. The first-order valence-corrected chi connectivity index (χ1v) is 9.55. The molecular weight excluding hydrogens is 368 g/mol. The Bertz CT molecular complexity index is 980. The SMILES string of the molecule is CCOc1ccc(C(=O)CCC(=O)NCc2ccnc(-n3ccnc3C)c2)cc1. The average Bonchev–Trinajstić information content (AvgIpc) is 3.17. The lowest BCUT2D eigenvalue weighted by Gasteiger charge is -2.08. The van der Waals surface area contributed by atoms with Gasteiger partial charge >= 0.3 is 0 Å². The molecule has 29 heavy (non-hydrogen) atoms. The maximum Gasteiger partial charge on any atom is 0.220 e. The molecule has 0 radical (unpaired) electrons. The van der Waals surface area contributed by atoms with Crippen LogP contribution >= 0.6 is 0 Å². The molecule has 0 saturated heterocycles. The summed E-state index contributed by atoms with van der Waals surface area (Å²) in [4.78, 5) is 32.9. The van der Waals surface area contributed by atoms with Gasteiger partial charge < -0.3 is 10.1 Å². The summed E-state index contributed by atoms with van der Waals surface area (Å²) in [6.07, 6.45) is 5.56. The molecule has 2 heterocycles. The van der Waals surface area contributed by atoms with Crippen molar-refractivity contribution in [1.82, 2.24) is 19.9 Å². The largest absolute Gasteiger partial charge is 0.494 e. The van der Waals surface area contributed by atoms with Gasteiger partial charge in [0.1, 0.15) is 17.4 Å². The Hall–Kier alpha value is -3.48. The van der Waals surface area contributed by atoms with Gasteiger partial charge in [0, 0.05) is 43.5 Å². The van der Waals surface area contributed by atoms with Gasteiger partial charge in [0.2, 0.25) is 5.91 Å². The molecular formula is C22H24N4O3. The van der Waals surface area contributed by atoms with Crippen molar-refractivity contribution in [2.24, 2.45) is 0 Å². The van der Waals surface area contributed by atoms with Gasteiger partial charge in [0.05, 0.1) is 6.61 Å². The summed E-state index contributed by atoms with van der Waals surface area (Å²) in [5.41, 5.74) is 1.50. The molecule has 3 aromatic rings. The van der Waals surface area contributed by atoms with Gasteiger partial charge in [0.25, 0.3) is 0 Å². The number of aromatic nitrogens is 3. The van der Waals surface area contributed by atoms with E-state index >= 15 is 0 Å². The van der Waals surface area contributed by atoms with Gasteiger partial charge in [-0.15, -0.1) is 0 Å². The van der Waals surface area contributed by atoms with Gasteiger partial charge in [-0.05, 0) is 55.8 Å². The number of pyridine rings is 1. The van der Waals surface area contributed by atoms with Crippen molar-refractivity contribution in [3.63, 3.8) is 0 Å². The number of nitrogens with one attached hydrogen (secondary N) is 1. The monoisotopic (exact) mass is 392 g/mol. The zero-order valence-electron chi connectivity index (χ0n) is 16.6. The first-order valence-electron chi connectivity index (χ1n) is 9.55. The second kappa shape index (κ2) is 9.64. The zero-order chi connectivity index (χ0) is 20.6. The van der Waals surface area contributed by atoms with Crippen LogP contribution in [0.15, 0.2) is 55.0 Å². The van der Waals surface area contributed by atoms with Crippen LogP contribution < -0.4 is 10.1 Å². The van der Waals surface area contributed by atoms with Gasteiger partial charge in [-0.1, -0.05) is 0 Å². The smallest absolute Gasteiger partial charge is 0.220 e. The topological polar surface area (TPSA) is 86.1 Å². The molecule has 0 bridgehead atoms. The molecule has 0 saturated carbocycles. The molecule has 3 rings (SSSR count). The van der Waals surface area contributed by atoms with Gasteiger partial charge in [-0.2, -0.15) is 0 Å². The van der Waals surface area contributed by atoms with Crippen LogP contribution in [0.2, 0.25) is 0 Å². The van der Waals surface area contributed by atoms with Crippen LogP contribution in [-0.2, 0) is 11.3 Å². The third kappa shape index (κ3) is 5.51. The Kier molecular flexibility index (Phi) is 6.73. The molecule has 0 aliphatic heterocycles. The summed E-state index contributed by atoms with van der Waals surface area (Å²) in [6, 6.07) is 10.7. The van der Waals surface area contributed by atoms with Crippen molar-refractivity contribution in [1.29, 1.82) is 0 Å². The number of ketones is 1. The predicted molar refractivity (Wildman–Crippen MR) is 109 cm³/mol. The van der Waals surface area contributed by atoms with Crippen molar-refractivity contribution in [3.05, 3.63) is 71.9 Å². The fourth-order valence-corrected chi connectivity index (χ4v) is 2.89. The van der Waals surface area contributed by atoms with Crippen molar-refractivity contribution in [3.8, 4) is 11.6 Å². The molecule has 0 aliphatic rings. The standard InChI is InChI=1S/C22H24N4O3/c1-3-29-19-6-4-18(5-7-19)20(27)8-9-22(28)25-15-17-10-11-24-21(14-17)26-13-12-23-16(26)2/h4-7,10-14H,3,8-9,15H2,1-2H3,(H,25,28). The molecule has 1 N–H and O–H groups in total. The molecule has 0 unspecified atom stereocenters. The minimum absolute atomic E-state index is 0.0648. The normalized spacial score (nSPS) is 10.6. The molecule has 0 atom stereocenters. The Morgan fingerprint density at radius 2 is 1.86 bits per heavy atom. The minimum Gasteiger partial charge on any atom is -0.494 e. The highest BCUT2D eigenvalue weighted by molar-refractivity contribution is 5.98. The summed E-state index contributed by atoms with van der Waals surface area (Å²) in [5.74, 6) is 2.08. The van der Waals surface area contributed by atoms with Crippen molar-refractivity contribution >= 4 is 11.7 Å². The second-order valence-electron chi connectivity index (χ2n) is 6.52. The van der Waals surface area contributed by atoms with Crippen LogP contribution in [0.3, 0.4) is 0 Å². The number of nitrogens with zero attached hydrogens (tertiary/aromatic N) is 3. The highest BCUT2D eigenvalue weighted by Gasteiger charge is 2.10. The number of aryl methyl sites for hydroxylation is 1. The first kappa shape index (κ1) is 20.3. The second-order valence-corrected chi connectivity index (χ2v) is 6.52. The van der Waals surface area contributed by atoms with Crippen molar-refractivity contribution < 1.29 is 14.3 Å². The van der Waals surface area contributed by atoms with E-state index in [1.165, 1.54) is 0 Å². The predicted octanol–water partition coefficient (Wildman–Crippen LogP) is 3.25. The molecule has 1 amide bonds. The van der Waals surface area contributed by atoms with Crippen LogP contribution in [0.5, 0.6) is 5.75 Å². The summed E-state index contributed by atoms with van der Waals surface area (Å²) in [6.45, 7) is 4.76. The van der Waals surface area contributed by atoms with E-state index in [1.807, 2.05) is 36.7 Å². The van der Waals surface area contributed by atoms with E-state index in [2.05, 4.69) is 15.3 Å². The van der Waals surface area contributed by atoms with E-state index in [0.717, 1.165) is 23.0 Å². The number of imidazole rings is 1. The van der Waals surface area contributed by atoms with Crippen LogP contribution in [0, 0.1) is 6.92 Å². The Morgan fingerprint density at radius 3 is 2.55 bits per heavy atom. The van der Waals surface area contributed by atoms with E-state index in [-0.39, 0.29) is 24.5 Å². The third-order valence-electron chi connectivity index (χ3n) is 4.44. The molecule has 2 aromatic heterocycles. The highest BCUT2D eigenvalue weighted by Crippen LogP contribution is 2.14. The van der Waals surface area contributed by atoms with E-state index in [1.54, 1.807) is 36.7 Å². The Labute approximate surface area is 169 Å². The number of carbonyl (C=O) groups is 2. The average molecular weight is 392 g/mol. The number of benzene rings is 1. The molecule has 7 nitrogen and oxygen atoms in total. The van der Waals surface area contributed by atoms with Gasteiger partial charge in [0.15, 0.2) is 5.78 Å². The van der Waals surface area contributed by atoms with E-state index in [4.69, 9.17) is 4.74 Å². The number of hydrogen-bond donors (Lipinski definition) is 1. The van der Waals surface area contributed by atoms with Crippen LogP contribution in [0.1, 0.15) is 41.5 Å². The van der Waals surface area contributed by atoms with Crippen LogP contribution in [0.4, 0.5) is 0 Å². The number of rotatable bonds is 9. The fraction of sp³-hybridized carbons (Fsp3) is 0.273. The fourth-order valence-electron chi connectivity index (χ4n) is 2.89. The molecule has 0 fully saturated rings. The number of ether oxygens (including phenoxy) is 1. The Morgan fingerprint density at radius 1 is 1.07 bits per heavy atom. The molecule has 0 aliphatic carbocycles. The summed E-state index contributed by atoms with van der Waals surface area (Å²) < 4.78 is 7.24. The van der Waals surface area contributed by atoms with Gasteiger partial charge in [-0.3, -0.25) is 14.2 Å². The van der Waals surface area contributed by atoms with E-state index in [0.29, 0.717) is 18.7 Å². The molecule has 0 spiro atoms. The molecule has 7 heteroatoms. The molecule has 150 valence electrons. The van der Waals surface area contributed by atoms with E-state index in [9.17, 15) is 9.59 Å². The van der Waals surface area contributed by atoms with Crippen LogP contribution in [0.25, 0.3) is 5.82 Å². The number of Topliss-reactive ketones (excluding diaryl/α,β-unsaturated/α-hetero) is 1. The maximum atomic E-state index is 12.3. The highest BCUT2D eigenvalue weighted by atomic mass is 16.5. The Balaban J connectivity index is 1.49. The lowest BCUT2D eigenvalue weighted by Crippen LogP contribution is -2.23. The zero-order valence-corrected chi connectivity index (χ0v) is 16.6. The summed E-state index contributed by atoms with van der Waals surface area (Å²) in [7, 11) is 0. The van der Waals surface area contributed by atoms with E-state index < -0.39 is 0 Å². The number of carbonyl (C=O) groups excluding carboxylic acids is 2. The summed E-state index contributed by atoms with van der Waals surface area (Å²) >= 11 is 0. The van der Waals surface area contributed by atoms with Gasteiger partial charge in [-0.25, -0.2) is 9.97 Å².